The van der Waals surface area contributed by atoms with Gasteiger partial charge in [-0.1, -0.05) is 0 Å². The lowest BCUT2D eigenvalue weighted by Gasteiger charge is -2.03. The van der Waals surface area contributed by atoms with E-state index < -0.39 is 0 Å². The van der Waals surface area contributed by atoms with Crippen LogP contribution in [0.2, 0.25) is 0 Å². The van der Waals surface area contributed by atoms with Gasteiger partial charge in [0.1, 0.15) is 5.82 Å². The maximum Gasteiger partial charge on any atom is 0.208 e. The van der Waals surface area contributed by atoms with Crippen molar-refractivity contribution in [3.8, 4) is 11.4 Å². The van der Waals surface area contributed by atoms with Crippen molar-refractivity contribution in [3.05, 3.63) is 17.8 Å². The Morgan fingerprint density at radius 1 is 1.47 bits per heavy atom. The van der Waals surface area contributed by atoms with Crippen LogP contribution in [0.15, 0.2) is 12.1 Å². The first-order valence-electron chi connectivity index (χ1n) is 4.29. The van der Waals surface area contributed by atoms with Crippen LogP contribution in [0.1, 0.15) is 5.69 Å². The van der Waals surface area contributed by atoms with Crippen LogP contribution in [-0.4, -0.2) is 32.7 Å². The zero-order chi connectivity index (χ0) is 10.7. The quantitative estimate of drug-likeness (QED) is 0.732. The third-order valence-electron chi connectivity index (χ3n) is 1.86. The summed E-state index contributed by atoms with van der Waals surface area (Å²) in [5.41, 5.74) is 7.18. The number of ether oxygens (including phenoxy) is 1. The van der Waals surface area contributed by atoms with Crippen LogP contribution in [0, 0.1) is 0 Å². The first-order valence-corrected chi connectivity index (χ1v) is 4.29. The van der Waals surface area contributed by atoms with Gasteiger partial charge in [-0.25, -0.2) is 4.98 Å². The lowest BCUT2D eigenvalue weighted by molar-refractivity contribution is 0.181. The van der Waals surface area contributed by atoms with E-state index in [-0.39, 0.29) is 0 Å². The Hall–Kier alpha value is -2.02. The average Bonchev–Trinajstić information content (AvgIpc) is 2.71. The highest BCUT2D eigenvalue weighted by Gasteiger charge is 2.08. The fourth-order valence-electron chi connectivity index (χ4n) is 1.21. The predicted molar refractivity (Wildman–Crippen MR) is 52.5 cm³/mol. The number of aromatic nitrogens is 5. The summed E-state index contributed by atoms with van der Waals surface area (Å²) in [6.07, 6.45) is 0. The fraction of sp³-hybridized carbons (Fsp3) is 0.250. The minimum Gasteiger partial charge on any atom is -0.383 e. The molecule has 2 rings (SSSR count). The second kappa shape index (κ2) is 4.01. The standard InChI is InChI=1S/C8H10N6O/c1-15-4-5-2-3-6(7(9)10-5)8-11-13-14-12-8/h2-3H,4H2,1H3,(H2,9,10)(H,11,12,13,14). The summed E-state index contributed by atoms with van der Waals surface area (Å²) < 4.78 is 4.95. The first kappa shape index (κ1) is 9.53. The van der Waals surface area contributed by atoms with Crippen molar-refractivity contribution in [1.29, 1.82) is 0 Å². The number of nitrogens with one attached hydrogen (secondary N) is 1. The molecule has 0 aromatic carbocycles. The van der Waals surface area contributed by atoms with Gasteiger partial charge in [0.25, 0.3) is 0 Å². The van der Waals surface area contributed by atoms with Crippen LogP contribution in [-0.2, 0) is 11.3 Å². The summed E-state index contributed by atoms with van der Waals surface area (Å²) in [6.45, 7) is 0.427. The van der Waals surface area contributed by atoms with Crippen LogP contribution >= 0.6 is 0 Å². The van der Waals surface area contributed by atoms with Gasteiger partial charge >= 0.3 is 0 Å². The predicted octanol–water partition coefficient (Wildman–Crippen LogP) is -0.00970. The molecule has 0 atom stereocenters. The Kier molecular flexibility index (Phi) is 2.55. The third kappa shape index (κ3) is 1.91. The number of pyridine rings is 1. The van der Waals surface area contributed by atoms with E-state index in [1.54, 1.807) is 13.2 Å². The monoisotopic (exact) mass is 206 g/mol. The van der Waals surface area contributed by atoms with Crippen molar-refractivity contribution >= 4 is 5.82 Å². The molecule has 3 N–H and O–H groups in total. The molecule has 2 aromatic heterocycles. The molecule has 0 radical (unpaired) electrons. The van der Waals surface area contributed by atoms with E-state index in [9.17, 15) is 0 Å². The Labute approximate surface area is 85.7 Å². The molecular formula is C8H10N6O. The molecule has 7 nitrogen and oxygen atoms in total. The van der Waals surface area contributed by atoms with Crippen molar-refractivity contribution in [1.82, 2.24) is 25.6 Å². The smallest absolute Gasteiger partial charge is 0.208 e. The third-order valence-corrected chi connectivity index (χ3v) is 1.86. The molecule has 0 fully saturated rings. The van der Waals surface area contributed by atoms with E-state index in [2.05, 4.69) is 25.6 Å². The minimum absolute atomic E-state index is 0.367. The number of nitrogens with zero attached hydrogens (tertiary/aromatic N) is 4. The molecule has 0 aliphatic carbocycles. The van der Waals surface area contributed by atoms with Crippen molar-refractivity contribution in [2.75, 3.05) is 12.8 Å². The van der Waals surface area contributed by atoms with E-state index in [1.165, 1.54) is 0 Å². The van der Waals surface area contributed by atoms with E-state index in [0.717, 1.165) is 5.69 Å². The largest absolute Gasteiger partial charge is 0.383 e. The van der Waals surface area contributed by atoms with Gasteiger partial charge in [0.2, 0.25) is 5.82 Å². The van der Waals surface area contributed by atoms with Gasteiger partial charge in [0, 0.05) is 7.11 Å². The zero-order valence-corrected chi connectivity index (χ0v) is 8.14. The summed E-state index contributed by atoms with van der Waals surface area (Å²) in [6, 6.07) is 3.60. The summed E-state index contributed by atoms with van der Waals surface area (Å²) in [5, 5.41) is 13.5. The molecule has 0 spiro atoms. The van der Waals surface area contributed by atoms with E-state index in [4.69, 9.17) is 10.5 Å². The van der Waals surface area contributed by atoms with Gasteiger partial charge in [-0.3, -0.25) is 0 Å². The lowest BCUT2D eigenvalue weighted by atomic mass is 10.2. The van der Waals surface area contributed by atoms with Gasteiger partial charge < -0.3 is 10.5 Å². The van der Waals surface area contributed by atoms with Crippen LogP contribution in [0.5, 0.6) is 0 Å². The number of methoxy groups -OCH3 is 1. The molecule has 78 valence electrons. The topological polar surface area (TPSA) is 103 Å². The van der Waals surface area contributed by atoms with Gasteiger partial charge in [-0.05, 0) is 17.3 Å². The minimum atomic E-state index is 0.367. The fourth-order valence-corrected chi connectivity index (χ4v) is 1.21. The van der Waals surface area contributed by atoms with Crippen molar-refractivity contribution in [2.45, 2.75) is 6.61 Å². The summed E-state index contributed by atoms with van der Waals surface area (Å²) in [5.74, 6) is 0.801. The molecule has 0 aliphatic heterocycles. The van der Waals surface area contributed by atoms with Gasteiger partial charge in [0.05, 0.1) is 17.9 Å². The second-order valence-corrected chi connectivity index (χ2v) is 2.90. The van der Waals surface area contributed by atoms with Crippen LogP contribution < -0.4 is 5.73 Å². The lowest BCUT2D eigenvalue weighted by Crippen LogP contribution is -2.00. The highest BCUT2D eigenvalue weighted by Crippen LogP contribution is 2.19. The molecule has 0 amide bonds. The van der Waals surface area contributed by atoms with Gasteiger partial charge in [-0.2, -0.15) is 5.21 Å². The Morgan fingerprint density at radius 2 is 2.33 bits per heavy atom. The van der Waals surface area contributed by atoms with Crippen molar-refractivity contribution < 1.29 is 4.74 Å². The van der Waals surface area contributed by atoms with E-state index >= 15 is 0 Å². The van der Waals surface area contributed by atoms with Crippen molar-refractivity contribution in [2.24, 2.45) is 0 Å². The Bertz CT molecular complexity index is 440. The summed E-state index contributed by atoms with van der Waals surface area (Å²) >= 11 is 0. The van der Waals surface area contributed by atoms with Gasteiger partial charge in [-0.15, -0.1) is 10.2 Å². The number of anilines is 1. The highest BCUT2D eigenvalue weighted by atomic mass is 16.5. The first-order chi connectivity index (χ1) is 7.31. The zero-order valence-electron chi connectivity index (χ0n) is 8.14. The number of nitrogen functional groups attached to an aromatic ring is 1. The Morgan fingerprint density at radius 3 is 2.93 bits per heavy atom. The highest BCUT2D eigenvalue weighted by molar-refractivity contribution is 5.67. The summed E-state index contributed by atoms with van der Waals surface area (Å²) in [7, 11) is 1.60. The molecule has 2 aromatic rings. The number of nitrogens with two attached hydrogens (primary N) is 1. The SMILES string of the molecule is COCc1ccc(-c2nn[nH]n2)c(N)n1. The molecule has 15 heavy (non-hydrogen) atoms. The number of aromatic amines is 1. The molecule has 0 bridgehead atoms. The normalized spacial score (nSPS) is 10.5. The number of tetrazole rings is 1. The molecular weight excluding hydrogens is 196 g/mol. The van der Waals surface area contributed by atoms with Gasteiger partial charge in [0.15, 0.2) is 0 Å². The molecule has 7 heteroatoms. The number of H-pyrrole nitrogens is 1. The maximum atomic E-state index is 5.75. The molecule has 0 unspecified atom stereocenters. The Balaban J connectivity index is 2.35. The van der Waals surface area contributed by atoms with Crippen LogP contribution in [0.3, 0.4) is 0 Å². The molecule has 0 saturated carbocycles. The summed E-state index contributed by atoms with van der Waals surface area (Å²) in [4.78, 5) is 4.15. The van der Waals surface area contributed by atoms with E-state index in [0.29, 0.717) is 23.8 Å². The number of hydrogen-bond acceptors (Lipinski definition) is 6. The molecule has 2 heterocycles. The van der Waals surface area contributed by atoms with Crippen molar-refractivity contribution in [3.63, 3.8) is 0 Å². The molecule has 0 aliphatic rings. The second-order valence-electron chi connectivity index (χ2n) is 2.90. The maximum absolute atomic E-state index is 5.75. The van der Waals surface area contributed by atoms with E-state index in [1.807, 2.05) is 6.07 Å². The van der Waals surface area contributed by atoms with Crippen LogP contribution in [0.25, 0.3) is 11.4 Å². The molecule has 0 saturated heterocycles. The number of hydrogen-bond donors (Lipinski definition) is 2. The van der Waals surface area contributed by atoms with Crippen LogP contribution in [0.4, 0.5) is 5.82 Å². The average molecular weight is 206 g/mol. The number of rotatable bonds is 3.